The van der Waals surface area contributed by atoms with Gasteiger partial charge < -0.3 is 15.8 Å². The zero-order valence-electron chi connectivity index (χ0n) is 12.0. The summed E-state index contributed by atoms with van der Waals surface area (Å²) in [5, 5.41) is 12.3. The van der Waals surface area contributed by atoms with Gasteiger partial charge in [0, 0.05) is 17.8 Å². The minimum atomic E-state index is 0.0434. The summed E-state index contributed by atoms with van der Waals surface area (Å²) >= 11 is 6.35. The summed E-state index contributed by atoms with van der Waals surface area (Å²) < 4.78 is 0. The Bertz CT molecular complexity index is 653. The number of anilines is 2. The maximum absolute atomic E-state index is 8.72. The average Bonchev–Trinajstić information content (AvgIpc) is 2.50. The molecule has 0 saturated heterocycles. The maximum Gasteiger partial charge on any atom is 0.170 e. The molecule has 0 aromatic heterocycles. The molecule has 0 amide bonds. The van der Waals surface area contributed by atoms with Gasteiger partial charge in [0.2, 0.25) is 0 Å². The molecule has 0 atom stereocenters. The first-order valence-electron chi connectivity index (χ1n) is 6.68. The average molecular weight is 304 g/mol. The Balaban J connectivity index is 2.41. The molecule has 0 unspecified atom stereocenters. The van der Waals surface area contributed by atoms with Crippen LogP contribution in [0.2, 0.25) is 5.02 Å². The zero-order valence-corrected chi connectivity index (χ0v) is 12.8. The summed E-state index contributed by atoms with van der Waals surface area (Å²) in [5.74, 6) is 0.0434. The van der Waals surface area contributed by atoms with Crippen molar-refractivity contribution < 1.29 is 5.21 Å². The van der Waals surface area contributed by atoms with E-state index in [1.165, 1.54) is 5.56 Å². The second-order valence-electron chi connectivity index (χ2n) is 4.73. The largest absolute Gasteiger partial charge is 0.409 e. The minimum absolute atomic E-state index is 0.0434. The molecule has 0 aliphatic carbocycles. The molecule has 0 fully saturated rings. The Morgan fingerprint density at radius 3 is 2.43 bits per heavy atom. The SMILES string of the molecule is CCN(c1ccc(C)cc1)c1ccc(C(N)=NO)cc1Cl. The van der Waals surface area contributed by atoms with Gasteiger partial charge >= 0.3 is 0 Å². The number of benzene rings is 2. The van der Waals surface area contributed by atoms with Crippen LogP contribution in [-0.4, -0.2) is 17.6 Å². The highest BCUT2D eigenvalue weighted by Crippen LogP contribution is 2.32. The summed E-state index contributed by atoms with van der Waals surface area (Å²) in [6.45, 7) is 4.90. The number of oxime groups is 1. The lowest BCUT2D eigenvalue weighted by Crippen LogP contribution is -2.17. The third kappa shape index (κ3) is 3.28. The van der Waals surface area contributed by atoms with E-state index in [1.807, 2.05) is 6.07 Å². The lowest BCUT2D eigenvalue weighted by Gasteiger charge is -2.25. The molecule has 0 saturated carbocycles. The molecule has 21 heavy (non-hydrogen) atoms. The summed E-state index contributed by atoms with van der Waals surface area (Å²) in [4.78, 5) is 2.11. The van der Waals surface area contributed by atoms with E-state index in [0.717, 1.165) is 17.9 Å². The Kier molecular flexibility index (Phi) is 4.70. The number of nitrogens with two attached hydrogens (primary N) is 1. The van der Waals surface area contributed by atoms with Gasteiger partial charge in [-0.15, -0.1) is 0 Å². The highest BCUT2D eigenvalue weighted by atomic mass is 35.5. The standard InChI is InChI=1S/C16H18ClN3O/c1-3-20(13-7-4-11(2)5-8-13)15-9-6-12(10-14(15)17)16(18)19-21/h4-10,21H,3H2,1-2H3,(H2,18,19). The molecule has 2 aromatic rings. The van der Waals surface area contributed by atoms with Gasteiger partial charge in [0.25, 0.3) is 0 Å². The highest BCUT2D eigenvalue weighted by molar-refractivity contribution is 6.33. The van der Waals surface area contributed by atoms with Crippen molar-refractivity contribution >= 4 is 28.8 Å². The van der Waals surface area contributed by atoms with Crippen LogP contribution >= 0.6 is 11.6 Å². The zero-order chi connectivity index (χ0) is 15.4. The Hall–Kier alpha value is -2.20. The smallest absolute Gasteiger partial charge is 0.170 e. The van der Waals surface area contributed by atoms with E-state index in [0.29, 0.717) is 10.6 Å². The summed E-state index contributed by atoms with van der Waals surface area (Å²) in [6, 6.07) is 13.6. The molecule has 4 nitrogen and oxygen atoms in total. The molecule has 0 bridgehead atoms. The molecule has 0 spiro atoms. The van der Waals surface area contributed by atoms with Crippen LogP contribution in [0, 0.1) is 6.92 Å². The van der Waals surface area contributed by atoms with E-state index in [2.05, 4.69) is 48.2 Å². The second kappa shape index (κ2) is 6.50. The van der Waals surface area contributed by atoms with Crippen molar-refractivity contribution in [2.24, 2.45) is 10.9 Å². The van der Waals surface area contributed by atoms with Crippen molar-refractivity contribution in [2.75, 3.05) is 11.4 Å². The molecule has 2 rings (SSSR count). The van der Waals surface area contributed by atoms with Gasteiger partial charge in [0.15, 0.2) is 5.84 Å². The molecule has 2 aromatic carbocycles. The fraction of sp³-hybridized carbons (Fsp3) is 0.188. The predicted octanol–water partition coefficient (Wildman–Crippen LogP) is 3.90. The fourth-order valence-corrected chi connectivity index (χ4v) is 2.44. The third-order valence-electron chi connectivity index (χ3n) is 3.30. The van der Waals surface area contributed by atoms with E-state index >= 15 is 0 Å². The van der Waals surface area contributed by atoms with Crippen molar-refractivity contribution in [1.82, 2.24) is 0 Å². The highest BCUT2D eigenvalue weighted by Gasteiger charge is 2.12. The maximum atomic E-state index is 8.72. The third-order valence-corrected chi connectivity index (χ3v) is 3.61. The predicted molar refractivity (Wildman–Crippen MR) is 87.8 cm³/mol. The number of aryl methyl sites for hydroxylation is 1. The van der Waals surface area contributed by atoms with E-state index < -0.39 is 0 Å². The van der Waals surface area contributed by atoms with E-state index in [1.54, 1.807) is 12.1 Å². The van der Waals surface area contributed by atoms with Gasteiger partial charge in [-0.3, -0.25) is 0 Å². The van der Waals surface area contributed by atoms with Crippen molar-refractivity contribution in [3.8, 4) is 0 Å². The second-order valence-corrected chi connectivity index (χ2v) is 5.14. The van der Waals surface area contributed by atoms with Gasteiger partial charge in [-0.25, -0.2) is 0 Å². The molecule has 110 valence electrons. The molecule has 3 N–H and O–H groups in total. The molecule has 5 heteroatoms. The number of hydrogen-bond acceptors (Lipinski definition) is 3. The van der Waals surface area contributed by atoms with Gasteiger partial charge in [-0.1, -0.05) is 34.5 Å². The van der Waals surface area contributed by atoms with E-state index in [-0.39, 0.29) is 5.84 Å². The minimum Gasteiger partial charge on any atom is -0.409 e. The number of rotatable bonds is 4. The molecule has 0 heterocycles. The van der Waals surface area contributed by atoms with E-state index in [9.17, 15) is 0 Å². The number of halogens is 1. The molecular weight excluding hydrogens is 286 g/mol. The summed E-state index contributed by atoms with van der Waals surface area (Å²) in [7, 11) is 0. The first kappa shape index (κ1) is 15.2. The van der Waals surface area contributed by atoms with Crippen LogP contribution in [0.1, 0.15) is 18.1 Å². The van der Waals surface area contributed by atoms with Crippen molar-refractivity contribution in [3.63, 3.8) is 0 Å². The van der Waals surface area contributed by atoms with Crippen LogP contribution in [-0.2, 0) is 0 Å². The monoisotopic (exact) mass is 303 g/mol. The molecule has 0 radical (unpaired) electrons. The number of nitrogens with zero attached hydrogens (tertiary/aromatic N) is 2. The van der Waals surface area contributed by atoms with Crippen LogP contribution in [0.15, 0.2) is 47.6 Å². The van der Waals surface area contributed by atoms with Crippen molar-refractivity contribution in [2.45, 2.75) is 13.8 Å². The number of amidine groups is 1. The van der Waals surface area contributed by atoms with Gasteiger partial charge in [0.05, 0.1) is 10.7 Å². The van der Waals surface area contributed by atoms with Crippen molar-refractivity contribution in [3.05, 3.63) is 58.6 Å². The summed E-state index contributed by atoms with van der Waals surface area (Å²) in [5.41, 5.74) is 9.34. The van der Waals surface area contributed by atoms with E-state index in [4.69, 9.17) is 22.5 Å². The lowest BCUT2D eigenvalue weighted by atomic mass is 10.1. The molecular formula is C16H18ClN3O. The molecule has 0 aliphatic rings. The first-order chi connectivity index (χ1) is 10.1. The van der Waals surface area contributed by atoms with Crippen molar-refractivity contribution in [1.29, 1.82) is 0 Å². The normalized spacial score (nSPS) is 11.5. The topological polar surface area (TPSA) is 61.8 Å². The van der Waals surface area contributed by atoms with Crippen LogP contribution in [0.3, 0.4) is 0 Å². The quantitative estimate of drug-likeness (QED) is 0.390. The Morgan fingerprint density at radius 2 is 1.90 bits per heavy atom. The lowest BCUT2D eigenvalue weighted by molar-refractivity contribution is 0.318. The van der Waals surface area contributed by atoms with Gasteiger partial charge in [-0.2, -0.15) is 0 Å². The Morgan fingerprint density at radius 1 is 1.24 bits per heavy atom. The van der Waals surface area contributed by atoms with Gasteiger partial charge in [0.1, 0.15) is 0 Å². The van der Waals surface area contributed by atoms with Gasteiger partial charge in [-0.05, 0) is 44.2 Å². The summed E-state index contributed by atoms with van der Waals surface area (Å²) in [6.07, 6.45) is 0. The molecule has 0 aliphatic heterocycles. The number of hydrogen-bond donors (Lipinski definition) is 2. The first-order valence-corrected chi connectivity index (χ1v) is 7.06. The van der Waals surface area contributed by atoms with Crippen LogP contribution < -0.4 is 10.6 Å². The fourth-order valence-electron chi connectivity index (χ4n) is 2.16. The van der Waals surface area contributed by atoms with Crippen LogP contribution in [0.5, 0.6) is 0 Å². The Labute approximate surface area is 129 Å². The van der Waals surface area contributed by atoms with Crippen LogP contribution in [0.25, 0.3) is 0 Å². The van der Waals surface area contributed by atoms with Crippen LogP contribution in [0.4, 0.5) is 11.4 Å².